The molecular weight excluding hydrogens is 680 g/mol. The molecule has 0 spiro atoms. The maximum absolute atomic E-state index is 15.1. The minimum Gasteiger partial charge on any atom is -0.486 e. The van der Waals surface area contributed by atoms with Crippen molar-refractivity contribution in [3.63, 3.8) is 0 Å². The van der Waals surface area contributed by atoms with Crippen LogP contribution < -0.4 is 9.47 Å². The van der Waals surface area contributed by atoms with Crippen LogP contribution in [0.3, 0.4) is 0 Å². The van der Waals surface area contributed by atoms with Crippen LogP contribution in [0.5, 0.6) is 11.5 Å². The first-order valence-electron chi connectivity index (χ1n) is 17.3. The first-order chi connectivity index (χ1) is 25.0. The molecule has 12 nitrogen and oxygen atoms in total. The number of pyridine rings is 1. The van der Waals surface area contributed by atoms with Gasteiger partial charge in [-0.25, -0.2) is 13.6 Å². The highest BCUT2D eigenvalue weighted by molar-refractivity contribution is 5.87. The van der Waals surface area contributed by atoms with Crippen molar-refractivity contribution in [1.29, 1.82) is 0 Å². The van der Waals surface area contributed by atoms with Gasteiger partial charge in [0.25, 0.3) is 5.92 Å². The Bertz CT molecular complexity index is 1900. The van der Waals surface area contributed by atoms with E-state index in [1.807, 2.05) is 48.5 Å². The van der Waals surface area contributed by atoms with Gasteiger partial charge in [0, 0.05) is 44.3 Å². The summed E-state index contributed by atoms with van der Waals surface area (Å²) in [6, 6.07) is 21.5. The van der Waals surface area contributed by atoms with Crippen LogP contribution in [0.25, 0.3) is 10.9 Å². The lowest BCUT2D eigenvalue weighted by Crippen LogP contribution is -2.61. The SMILES string of the molecule is O=C(O)[C@H]1O[C@@H](Oc2ccc3ncccc3c2OC[C@H](O)CN2CCN(C3c4ccccc4[C@@H]4[C@H](c5ccccc53)C4(F)F)CC2)[C@H](O)[C@@H](O)[C@@H]1O. The second-order valence-electron chi connectivity index (χ2n) is 13.9. The van der Waals surface area contributed by atoms with Gasteiger partial charge in [0.15, 0.2) is 17.6 Å². The number of aliphatic carboxylic acids is 1. The number of piperazine rings is 1. The molecular formula is C38H39F2N3O9. The van der Waals surface area contributed by atoms with Gasteiger partial charge in [0.1, 0.15) is 31.0 Å². The summed E-state index contributed by atoms with van der Waals surface area (Å²) >= 11 is 0. The van der Waals surface area contributed by atoms with E-state index < -0.39 is 60.5 Å². The number of hydrogen-bond donors (Lipinski definition) is 5. The van der Waals surface area contributed by atoms with E-state index in [-0.39, 0.29) is 30.7 Å². The summed E-state index contributed by atoms with van der Waals surface area (Å²) in [5, 5.41) is 52.0. The molecule has 1 unspecified atom stereocenters. The standard InChI is InChI=1S/C38H39F2N3O9/c39-38(40)28-21-6-1-3-8-23(21)30(24-9-4-2-7-22(24)29(28)38)43-16-14-42(15-17-43)18-20(44)19-50-34-25-10-5-13-41-26(25)11-12-27(34)51-37-33(47)31(45)32(46)35(52-37)36(48)49/h1-13,20,28-33,35,37,44-47H,14-19H2,(H,48,49)/t20-,28-,29+,30?,31+,32+,33-,35+,37-/m1/s1. The van der Waals surface area contributed by atoms with Crippen molar-refractivity contribution in [2.24, 2.45) is 0 Å². The van der Waals surface area contributed by atoms with E-state index in [9.17, 15) is 30.3 Å². The number of hydrogen-bond acceptors (Lipinski definition) is 11. The molecule has 0 amide bonds. The molecule has 1 aromatic heterocycles. The molecule has 52 heavy (non-hydrogen) atoms. The first kappa shape index (κ1) is 34.8. The van der Waals surface area contributed by atoms with Gasteiger partial charge in [-0.1, -0.05) is 48.5 Å². The van der Waals surface area contributed by atoms with Gasteiger partial charge in [0.05, 0.1) is 23.4 Å². The van der Waals surface area contributed by atoms with Crippen LogP contribution in [-0.2, 0) is 9.53 Å². The summed E-state index contributed by atoms with van der Waals surface area (Å²) in [6.45, 7) is 2.70. The Balaban J connectivity index is 0.945. The fraction of sp³-hybridized carbons (Fsp3) is 0.421. The second-order valence-corrected chi connectivity index (χ2v) is 13.9. The average Bonchev–Trinajstić information content (AvgIpc) is 3.76. The number of alkyl halides is 2. The summed E-state index contributed by atoms with van der Waals surface area (Å²) in [7, 11) is 0. The van der Waals surface area contributed by atoms with Crippen LogP contribution in [0.2, 0.25) is 0 Å². The molecule has 2 saturated heterocycles. The highest BCUT2D eigenvalue weighted by atomic mass is 19.3. The van der Waals surface area contributed by atoms with Crippen molar-refractivity contribution < 1.29 is 53.3 Å². The Morgan fingerprint density at radius 3 is 2.13 bits per heavy atom. The number of fused-ring (bicyclic) bond motifs is 6. The zero-order valence-electron chi connectivity index (χ0n) is 27.9. The lowest BCUT2D eigenvalue weighted by atomic mass is 9.90. The third kappa shape index (κ3) is 6.07. The summed E-state index contributed by atoms with van der Waals surface area (Å²) < 4.78 is 47.5. The maximum atomic E-state index is 15.1. The van der Waals surface area contributed by atoms with E-state index in [0.29, 0.717) is 48.2 Å². The van der Waals surface area contributed by atoms with E-state index in [0.717, 1.165) is 11.1 Å². The van der Waals surface area contributed by atoms with Crippen LogP contribution in [0.1, 0.15) is 40.1 Å². The summed E-state index contributed by atoms with van der Waals surface area (Å²) in [6.07, 6.45) is -8.36. The molecule has 2 aliphatic heterocycles. The summed E-state index contributed by atoms with van der Waals surface area (Å²) in [5.74, 6) is -5.76. The van der Waals surface area contributed by atoms with Gasteiger partial charge in [-0.15, -0.1) is 0 Å². The van der Waals surface area contributed by atoms with Gasteiger partial charge in [-0.05, 0) is 46.5 Å². The molecule has 0 bridgehead atoms. The van der Waals surface area contributed by atoms with E-state index in [4.69, 9.17) is 14.2 Å². The molecule has 1 saturated carbocycles. The van der Waals surface area contributed by atoms with Crippen molar-refractivity contribution in [2.75, 3.05) is 39.3 Å². The fourth-order valence-electron chi connectivity index (χ4n) is 8.10. The number of ether oxygens (including phenoxy) is 3. The average molecular weight is 720 g/mol. The smallest absolute Gasteiger partial charge is 0.335 e. The molecule has 2 aliphatic carbocycles. The molecule has 14 heteroatoms. The molecule has 274 valence electrons. The molecule has 9 atom stereocenters. The number of β-amino-alcohol motifs (C(OH)–C–C–N with tert-alkyl or cyclic N) is 1. The van der Waals surface area contributed by atoms with E-state index in [2.05, 4.69) is 14.8 Å². The largest absolute Gasteiger partial charge is 0.486 e. The van der Waals surface area contributed by atoms with E-state index in [1.54, 1.807) is 24.4 Å². The Morgan fingerprint density at radius 2 is 1.50 bits per heavy atom. The van der Waals surface area contributed by atoms with Gasteiger partial charge < -0.3 is 39.7 Å². The quantitative estimate of drug-likeness (QED) is 0.172. The van der Waals surface area contributed by atoms with Gasteiger partial charge in [-0.3, -0.25) is 14.8 Å². The number of benzene rings is 3. The molecule has 4 aliphatic rings. The first-order valence-corrected chi connectivity index (χ1v) is 17.3. The highest BCUT2D eigenvalue weighted by Crippen LogP contribution is 2.70. The normalized spacial score (nSPS) is 30.3. The summed E-state index contributed by atoms with van der Waals surface area (Å²) in [4.78, 5) is 20.4. The minimum atomic E-state index is -2.77. The van der Waals surface area contributed by atoms with Crippen LogP contribution in [-0.4, -0.2) is 128 Å². The molecule has 0 radical (unpaired) electrons. The molecule has 5 N–H and O–H groups in total. The lowest BCUT2D eigenvalue weighted by Gasteiger charge is -2.41. The van der Waals surface area contributed by atoms with Crippen molar-refractivity contribution in [2.45, 2.75) is 60.6 Å². The molecule has 3 fully saturated rings. The number of halogens is 2. The monoisotopic (exact) mass is 719 g/mol. The van der Waals surface area contributed by atoms with E-state index in [1.165, 1.54) is 6.07 Å². The minimum absolute atomic E-state index is 0.0393. The van der Waals surface area contributed by atoms with Crippen molar-refractivity contribution >= 4 is 16.9 Å². The number of aliphatic hydroxyl groups is 4. The molecule has 8 rings (SSSR count). The number of carboxylic acids is 1. The Morgan fingerprint density at radius 1 is 0.865 bits per heavy atom. The van der Waals surface area contributed by atoms with Crippen LogP contribution in [0.15, 0.2) is 79.0 Å². The Labute approximate surface area is 297 Å². The maximum Gasteiger partial charge on any atom is 0.335 e. The van der Waals surface area contributed by atoms with Crippen LogP contribution in [0.4, 0.5) is 8.78 Å². The molecule has 4 aromatic rings. The fourth-order valence-corrected chi connectivity index (χ4v) is 8.10. The van der Waals surface area contributed by atoms with Crippen molar-refractivity contribution in [3.8, 4) is 11.5 Å². The number of rotatable bonds is 9. The zero-order valence-corrected chi connectivity index (χ0v) is 27.9. The van der Waals surface area contributed by atoms with Gasteiger partial charge in [-0.2, -0.15) is 0 Å². The Kier molecular flexibility index (Phi) is 9.10. The van der Waals surface area contributed by atoms with Crippen LogP contribution >= 0.6 is 0 Å². The van der Waals surface area contributed by atoms with E-state index >= 15 is 8.78 Å². The third-order valence-electron chi connectivity index (χ3n) is 10.7. The molecule has 3 aromatic carbocycles. The van der Waals surface area contributed by atoms with Crippen molar-refractivity contribution in [1.82, 2.24) is 14.8 Å². The summed E-state index contributed by atoms with van der Waals surface area (Å²) in [5.41, 5.74) is 3.79. The number of carboxylic acid groups (broad SMARTS) is 1. The van der Waals surface area contributed by atoms with Crippen LogP contribution in [0, 0.1) is 0 Å². The Hall–Kier alpha value is -4.28. The molecule has 3 heterocycles. The predicted molar refractivity (Wildman–Crippen MR) is 181 cm³/mol. The highest BCUT2D eigenvalue weighted by Gasteiger charge is 2.71. The van der Waals surface area contributed by atoms with Gasteiger partial charge >= 0.3 is 5.97 Å². The lowest BCUT2D eigenvalue weighted by molar-refractivity contribution is -0.271. The number of carbonyl (C=O) groups is 1. The van der Waals surface area contributed by atoms with Gasteiger partial charge in [0.2, 0.25) is 6.29 Å². The van der Waals surface area contributed by atoms with Crippen molar-refractivity contribution in [3.05, 3.63) is 101 Å². The number of nitrogens with zero attached hydrogens (tertiary/aromatic N) is 3. The second kappa shape index (κ2) is 13.6. The third-order valence-corrected chi connectivity index (χ3v) is 10.7. The predicted octanol–water partition coefficient (Wildman–Crippen LogP) is 2.48. The number of aromatic nitrogens is 1. The number of aliphatic hydroxyl groups excluding tert-OH is 4. The zero-order chi connectivity index (χ0) is 36.3. The topological polar surface area (TPSA) is 165 Å².